The lowest BCUT2D eigenvalue weighted by molar-refractivity contribution is -0.127. The van der Waals surface area contributed by atoms with Crippen LogP contribution in [0.4, 0.5) is 0 Å². The van der Waals surface area contributed by atoms with Gasteiger partial charge in [0.1, 0.15) is 9.84 Å². The van der Waals surface area contributed by atoms with Crippen molar-refractivity contribution in [2.45, 2.75) is 38.1 Å². The van der Waals surface area contributed by atoms with Gasteiger partial charge in [-0.1, -0.05) is 23.9 Å². The number of hydrogen-bond acceptors (Lipinski definition) is 7. The zero-order valence-corrected chi connectivity index (χ0v) is 21.1. The second-order valence-electron chi connectivity index (χ2n) is 7.82. The van der Waals surface area contributed by atoms with Crippen LogP contribution in [0.15, 0.2) is 39.6 Å². The van der Waals surface area contributed by atoms with E-state index in [0.717, 1.165) is 37.2 Å². The molecule has 0 aliphatic heterocycles. The van der Waals surface area contributed by atoms with Crippen molar-refractivity contribution >= 4 is 50.6 Å². The molecule has 166 valence electrons. The van der Waals surface area contributed by atoms with Crippen molar-refractivity contribution in [3.63, 3.8) is 0 Å². The predicted octanol–water partition coefficient (Wildman–Crippen LogP) is 4.75. The van der Waals surface area contributed by atoms with Crippen LogP contribution in [-0.4, -0.2) is 39.4 Å². The van der Waals surface area contributed by atoms with Gasteiger partial charge in [0.2, 0.25) is 5.91 Å². The Bertz CT molecular complexity index is 1370. The minimum atomic E-state index is -0.0412. The molecule has 6 nitrogen and oxygen atoms in total. The van der Waals surface area contributed by atoms with E-state index in [9.17, 15) is 9.59 Å². The highest BCUT2D eigenvalue weighted by atomic mass is 32.2. The lowest BCUT2D eigenvalue weighted by atomic mass is 10.2. The number of benzene rings is 1. The van der Waals surface area contributed by atoms with Gasteiger partial charge in [-0.25, -0.2) is 9.97 Å². The average molecular weight is 485 g/mol. The number of likely N-dealkylation sites (N-methyl/N-ethyl adjacent to an activating group) is 1. The van der Waals surface area contributed by atoms with E-state index in [1.807, 2.05) is 50.4 Å². The fourth-order valence-corrected chi connectivity index (χ4v) is 6.16. The molecule has 0 bridgehead atoms. The van der Waals surface area contributed by atoms with Gasteiger partial charge < -0.3 is 4.90 Å². The molecule has 0 N–H and O–H groups in total. The largest absolute Gasteiger partial charge is 0.348 e. The molecule has 4 aromatic rings. The number of fused-ring (bicyclic) bond motifs is 1. The highest BCUT2D eigenvalue weighted by Gasteiger charge is 2.19. The molecule has 0 aliphatic rings. The number of thioether (sulfide) groups is 1. The molecule has 0 aliphatic carbocycles. The van der Waals surface area contributed by atoms with Crippen molar-refractivity contribution < 1.29 is 4.79 Å². The number of amides is 1. The third kappa shape index (κ3) is 4.51. The Morgan fingerprint density at radius 3 is 2.69 bits per heavy atom. The number of thiazole rings is 1. The third-order valence-electron chi connectivity index (χ3n) is 5.18. The van der Waals surface area contributed by atoms with E-state index in [0.29, 0.717) is 22.7 Å². The van der Waals surface area contributed by atoms with Gasteiger partial charge in [0.25, 0.3) is 5.56 Å². The van der Waals surface area contributed by atoms with E-state index in [2.05, 4.69) is 4.98 Å². The number of nitrogens with zero attached hydrogens (tertiary/aromatic N) is 4. The van der Waals surface area contributed by atoms with Crippen molar-refractivity contribution in [3.8, 4) is 5.69 Å². The number of thiophene rings is 1. The first-order chi connectivity index (χ1) is 15.2. The minimum Gasteiger partial charge on any atom is -0.348 e. The lowest BCUT2D eigenvalue weighted by Gasteiger charge is -2.12. The normalized spacial score (nSPS) is 11.3. The van der Waals surface area contributed by atoms with Crippen molar-refractivity contribution in [1.82, 2.24) is 19.4 Å². The summed E-state index contributed by atoms with van der Waals surface area (Å²) in [6, 6.07) is 7.91. The fourth-order valence-electron chi connectivity index (χ4n) is 3.29. The molecule has 3 aromatic heterocycles. The Labute approximate surface area is 199 Å². The average Bonchev–Trinajstić information content (AvgIpc) is 3.30. The minimum absolute atomic E-state index is 0.0300. The molecule has 32 heavy (non-hydrogen) atoms. The predicted molar refractivity (Wildman–Crippen MR) is 134 cm³/mol. The molecule has 0 radical (unpaired) electrons. The second-order valence-corrected chi connectivity index (χ2v) is 10.9. The van der Waals surface area contributed by atoms with Gasteiger partial charge in [0, 0.05) is 30.1 Å². The van der Waals surface area contributed by atoms with Gasteiger partial charge in [-0.2, -0.15) is 0 Å². The van der Waals surface area contributed by atoms with E-state index in [4.69, 9.17) is 4.98 Å². The van der Waals surface area contributed by atoms with Crippen molar-refractivity contribution in [2.75, 3.05) is 14.1 Å². The number of aromatic nitrogens is 3. The van der Waals surface area contributed by atoms with Crippen LogP contribution in [0.5, 0.6) is 0 Å². The van der Waals surface area contributed by atoms with Crippen LogP contribution >= 0.6 is 34.4 Å². The summed E-state index contributed by atoms with van der Waals surface area (Å²) in [6.07, 6.45) is 0.300. The Morgan fingerprint density at radius 1 is 1.19 bits per heavy atom. The van der Waals surface area contributed by atoms with Crippen LogP contribution in [0.3, 0.4) is 0 Å². The van der Waals surface area contributed by atoms with Gasteiger partial charge in [-0.05, 0) is 44.0 Å². The van der Waals surface area contributed by atoms with Crippen LogP contribution in [0.25, 0.3) is 15.9 Å². The molecule has 1 aromatic carbocycles. The zero-order chi connectivity index (χ0) is 23.0. The first-order valence-electron chi connectivity index (χ1n) is 10.1. The number of aryl methyl sites for hydroxylation is 3. The third-order valence-corrected chi connectivity index (χ3v) is 8.15. The van der Waals surface area contributed by atoms with Crippen LogP contribution < -0.4 is 5.56 Å². The van der Waals surface area contributed by atoms with E-state index in [1.54, 1.807) is 34.9 Å². The molecule has 4 rings (SSSR count). The van der Waals surface area contributed by atoms with Gasteiger partial charge in [-0.15, -0.1) is 22.7 Å². The first-order valence-corrected chi connectivity index (χ1v) is 12.8. The fraction of sp³-hybridized carbons (Fsp3) is 0.304. The summed E-state index contributed by atoms with van der Waals surface area (Å²) >= 11 is 4.53. The van der Waals surface area contributed by atoms with Crippen molar-refractivity contribution in [3.05, 3.63) is 66.7 Å². The lowest BCUT2D eigenvalue weighted by Crippen LogP contribution is -2.23. The van der Waals surface area contributed by atoms with Crippen LogP contribution in [-0.2, 0) is 17.0 Å². The summed E-state index contributed by atoms with van der Waals surface area (Å²) in [5.74, 6) is 0.599. The van der Waals surface area contributed by atoms with Crippen LogP contribution in [0.2, 0.25) is 0 Å². The van der Waals surface area contributed by atoms with Gasteiger partial charge >= 0.3 is 0 Å². The standard InChI is InChI=1S/C23H24N4O2S3/c1-13-7-6-8-17(9-13)27-22(29)20-14(2)15(3)32-21(20)25-23(27)31-12-16-11-30-18(24-16)10-19(28)26(4)5/h6-9,11H,10,12H2,1-5H3. The Morgan fingerprint density at radius 2 is 1.97 bits per heavy atom. The van der Waals surface area contributed by atoms with E-state index in [-0.39, 0.29) is 11.5 Å². The second kappa shape index (κ2) is 9.17. The SMILES string of the molecule is Cc1cccc(-n2c(SCc3csc(CC(=O)N(C)C)n3)nc3sc(C)c(C)c3c2=O)c1. The van der Waals surface area contributed by atoms with E-state index < -0.39 is 0 Å². The highest BCUT2D eigenvalue weighted by molar-refractivity contribution is 7.98. The Balaban J connectivity index is 1.71. The molecule has 0 saturated carbocycles. The summed E-state index contributed by atoms with van der Waals surface area (Å²) in [6.45, 7) is 6.02. The number of rotatable bonds is 6. The quantitative estimate of drug-likeness (QED) is 0.292. The monoisotopic (exact) mass is 484 g/mol. The van der Waals surface area contributed by atoms with Crippen LogP contribution in [0, 0.1) is 20.8 Å². The molecule has 0 saturated heterocycles. The van der Waals surface area contributed by atoms with Crippen LogP contribution in [0.1, 0.15) is 26.7 Å². The number of carbonyl (C=O) groups is 1. The zero-order valence-electron chi connectivity index (χ0n) is 18.6. The molecule has 0 fully saturated rings. The van der Waals surface area contributed by atoms with Gasteiger partial charge in [0.05, 0.1) is 23.2 Å². The van der Waals surface area contributed by atoms with Gasteiger partial charge in [0.15, 0.2) is 5.16 Å². The molecule has 0 unspecified atom stereocenters. The summed E-state index contributed by atoms with van der Waals surface area (Å²) in [5, 5.41) is 4.10. The summed E-state index contributed by atoms with van der Waals surface area (Å²) in [5.41, 5.74) is 3.73. The molecule has 0 spiro atoms. The first kappa shape index (κ1) is 22.7. The Kier molecular flexibility index (Phi) is 6.50. The molecular formula is C23H24N4O2S3. The highest BCUT2D eigenvalue weighted by Crippen LogP contribution is 2.31. The topological polar surface area (TPSA) is 68.1 Å². The van der Waals surface area contributed by atoms with E-state index >= 15 is 0 Å². The Hall–Kier alpha value is -2.49. The number of carbonyl (C=O) groups excluding carboxylic acids is 1. The summed E-state index contributed by atoms with van der Waals surface area (Å²) < 4.78 is 1.71. The van der Waals surface area contributed by atoms with E-state index in [1.165, 1.54) is 23.1 Å². The van der Waals surface area contributed by atoms with Crippen molar-refractivity contribution in [1.29, 1.82) is 0 Å². The summed E-state index contributed by atoms with van der Waals surface area (Å²) in [7, 11) is 3.49. The molecule has 0 atom stereocenters. The number of hydrogen-bond donors (Lipinski definition) is 0. The summed E-state index contributed by atoms with van der Waals surface area (Å²) in [4.78, 5) is 38.4. The smallest absolute Gasteiger partial charge is 0.267 e. The van der Waals surface area contributed by atoms with Gasteiger partial charge in [-0.3, -0.25) is 14.2 Å². The maximum absolute atomic E-state index is 13.6. The maximum Gasteiger partial charge on any atom is 0.267 e. The van der Waals surface area contributed by atoms with Crippen molar-refractivity contribution in [2.24, 2.45) is 0 Å². The maximum atomic E-state index is 13.6. The molecule has 9 heteroatoms. The molecule has 3 heterocycles. The molecular weight excluding hydrogens is 460 g/mol. The molecule has 1 amide bonds.